The van der Waals surface area contributed by atoms with Gasteiger partial charge in [-0.3, -0.25) is 4.79 Å². The Bertz CT molecular complexity index is 341. The molecule has 0 unspecified atom stereocenters. The molecule has 0 aliphatic heterocycles. The highest BCUT2D eigenvalue weighted by molar-refractivity contribution is 5.93. The standard InChI is InChI=1S/C13H19NO2/c1-10(2)9-16-12-7-5-11(6-8-12)13(15)14(3)4/h5-8,10H,9H2,1-4H3. The van der Waals surface area contributed by atoms with E-state index in [0.717, 1.165) is 5.75 Å². The second kappa shape index (κ2) is 5.54. The molecular weight excluding hydrogens is 202 g/mol. The molecule has 0 bridgehead atoms. The van der Waals surface area contributed by atoms with Gasteiger partial charge in [0.25, 0.3) is 5.91 Å². The fourth-order valence-corrected chi connectivity index (χ4v) is 1.21. The summed E-state index contributed by atoms with van der Waals surface area (Å²) in [7, 11) is 3.48. The SMILES string of the molecule is CC(C)COc1ccc(C(=O)N(C)C)cc1. The molecule has 0 heterocycles. The van der Waals surface area contributed by atoms with Crippen molar-refractivity contribution in [3.05, 3.63) is 29.8 Å². The minimum atomic E-state index is 0.00964. The van der Waals surface area contributed by atoms with Gasteiger partial charge in [-0.15, -0.1) is 0 Å². The Morgan fingerprint density at radius 3 is 2.25 bits per heavy atom. The number of benzene rings is 1. The van der Waals surface area contributed by atoms with Crippen LogP contribution in [-0.2, 0) is 0 Å². The first-order chi connectivity index (χ1) is 7.50. The topological polar surface area (TPSA) is 29.5 Å². The van der Waals surface area contributed by atoms with E-state index in [2.05, 4.69) is 13.8 Å². The van der Waals surface area contributed by atoms with E-state index >= 15 is 0 Å². The van der Waals surface area contributed by atoms with Gasteiger partial charge in [0.15, 0.2) is 0 Å². The Hall–Kier alpha value is -1.51. The van der Waals surface area contributed by atoms with Crippen LogP contribution in [0.5, 0.6) is 5.75 Å². The van der Waals surface area contributed by atoms with Crippen LogP contribution in [0.4, 0.5) is 0 Å². The van der Waals surface area contributed by atoms with Gasteiger partial charge in [0, 0.05) is 19.7 Å². The predicted octanol–water partition coefficient (Wildman–Crippen LogP) is 2.42. The Balaban J connectivity index is 2.64. The van der Waals surface area contributed by atoms with Gasteiger partial charge >= 0.3 is 0 Å². The quantitative estimate of drug-likeness (QED) is 0.781. The summed E-state index contributed by atoms with van der Waals surface area (Å²) < 4.78 is 5.54. The number of amides is 1. The van der Waals surface area contributed by atoms with Crippen molar-refractivity contribution in [2.24, 2.45) is 5.92 Å². The molecule has 16 heavy (non-hydrogen) atoms. The van der Waals surface area contributed by atoms with Crippen molar-refractivity contribution in [3.63, 3.8) is 0 Å². The van der Waals surface area contributed by atoms with E-state index in [-0.39, 0.29) is 5.91 Å². The first-order valence-electron chi connectivity index (χ1n) is 5.45. The zero-order chi connectivity index (χ0) is 12.1. The summed E-state index contributed by atoms with van der Waals surface area (Å²) in [5.74, 6) is 1.32. The maximum absolute atomic E-state index is 11.6. The highest BCUT2D eigenvalue weighted by Crippen LogP contribution is 2.13. The maximum atomic E-state index is 11.6. The molecule has 0 radical (unpaired) electrons. The third-order valence-electron chi connectivity index (χ3n) is 2.09. The summed E-state index contributed by atoms with van der Waals surface area (Å²) in [5, 5.41) is 0. The first kappa shape index (κ1) is 12.6. The fourth-order valence-electron chi connectivity index (χ4n) is 1.21. The number of nitrogens with zero attached hydrogens (tertiary/aromatic N) is 1. The normalized spacial score (nSPS) is 10.3. The molecule has 3 heteroatoms. The summed E-state index contributed by atoms with van der Waals surface area (Å²) in [4.78, 5) is 13.2. The molecule has 0 aromatic heterocycles. The van der Waals surface area contributed by atoms with Crippen LogP contribution in [0.15, 0.2) is 24.3 Å². The Morgan fingerprint density at radius 2 is 1.81 bits per heavy atom. The van der Waals surface area contributed by atoms with Crippen molar-refractivity contribution in [2.45, 2.75) is 13.8 Å². The van der Waals surface area contributed by atoms with Crippen LogP contribution in [-0.4, -0.2) is 31.5 Å². The predicted molar refractivity (Wildman–Crippen MR) is 64.8 cm³/mol. The van der Waals surface area contributed by atoms with Gasteiger partial charge in [0.2, 0.25) is 0 Å². The Morgan fingerprint density at radius 1 is 1.25 bits per heavy atom. The molecule has 0 saturated carbocycles. The number of hydrogen-bond donors (Lipinski definition) is 0. The Kier molecular flexibility index (Phi) is 4.35. The van der Waals surface area contributed by atoms with Gasteiger partial charge in [-0.25, -0.2) is 0 Å². The molecule has 0 atom stereocenters. The van der Waals surface area contributed by atoms with Crippen LogP contribution < -0.4 is 4.74 Å². The van der Waals surface area contributed by atoms with E-state index in [9.17, 15) is 4.79 Å². The van der Waals surface area contributed by atoms with Gasteiger partial charge in [-0.2, -0.15) is 0 Å². The molecule has 0 fully saturated rings. The first-order valence-corrected chi connectivity index (χ1v) is 5.45. The third kappa shape index (κ3) is 3.57. The molecule has 1 aromatic carbocycles. The molecule has 3 nitrogen and oxygen atoms in total. The molecule has 0 N–H and O–H groups in total. The van der Waals surface area contributed by atoms with E-state index in [1.807, 2.05) is 12.1 Å². The van der Waals surface area contributed by atoms with Crippen LogP contribution in [0, 0.1) is 5.92 Å². The van der Waals surface area contributed by atoms with Crippen molar-refractivity contribution >= 4 is 5.91 Å². The highest BCUT2D eigenvalue weighted by Gasteiger charge is 2.07. The molecule has 0 spiro atoms. The average Bonchev–Trinajstić information content (AvgIpc) is 2.26. The van der Waals surface area contributed by atoms with E-state index in [1.165, 1.54) is 0 Å². The van der Waals surface area contributed by atoms with Crippen LogP contribution in [0.25, 0.3) is 0 Å². The zero-order valence-corrected chi connectivity index (χ0v) is 10.4. The van der Waals surface area contributed by atoms with Gasteiger partial charge in [-0.1, -0.05) is 13.8 Å². The minimum Gasteiger partial charge on any atom is -0.493 e. The summed E-state index contributed by atoms with van der Waals surface area (Å²) >= 11 is 0. The third-order valence-corrected chi connectivity index (χ3v) is 2.09. The lowest BCUT2D eigenvalue weighted by molar-refractivity contribution is 0.0827. The minimum absolute atomic E-state index is 0.00964. The second-order valence-corrected chi connectivity index (χ2v) is 4.43. The van der Waals surface area contributed by atoms with Crippen molar-refractivity contribution in [1.29, 1.82) is 0 Å². The van der Waals surface area contributed by atoms with Gasteiger partial charge in [0.05, 0.1) is 6.61 Å². The Labute approximate surface area is 97.0 Å². The van der Waals surface area contributed by atoms with Gasteiger partial charge < -0.3 is 9.64 Å². The number of rotatable bonds is 4. The smallest absolute Gasteiger partial charge is 0.253 e. The number of carbonyl (C=O) groups is 1. The molecule has 0 saturated heterocycles. The molecule has 0 aliphatic rings. The lowest BCUT2D eigenvalue weighted by Gasteiger charge is -2.11. The lowest BCUT2D eigenvalue weighted by Crippen LogP contribution is -2.21. The summed E-state index contributed by atoms with van der Waals surface area (Å²) in [6.07, 6.45) is 0. The van der Waals surface area contributed by atoms with E-state index in [0.29, 0.717) is 18.1 Å². The maximum Gasteiger partial charge on any atom is 0.253 e. The van der Waals surface area contributed by atoms with E-state index < -0.39 is 0 Å². The fraction of sp³-hybridized carbons (Fsp3) is 0.462. The molecular formula is C13H19NO2. The molecule has 1 amide bonds. The van der Waals surface area contributed by atoms with Crippen LogP contribution in [0.2, 0.25) is 0 Å². The van der Waals surface area contributed by atoms with Crippen molar-refractivity contribution < 1.29 is 9.53 Å². The average molecular weight is 221 g/mol. The van der Waals surface area contributed by atoms with Crippen molar-refractivity contribution in [1.82, 2.24) is 4.90 Å². The summed E-state index contributed by atoms with van der Waals surface area (Å²) in [6, 6.07) is 7.24. The second-order valence-electron chi connectivity index (χ2n) is 4.43. The van der Waals surface area contributed by atoms with Crippen LogP contribution in [0.1, 0.15) is 24.2 Å². The molecule has 88 valence electrons. The lowest BCUT2D eigenvalue weighted by atomic mass is 10.2. The number of hydrogen-bond acceptors (Lipinski definition) is 2. The molecule has 1 rings (SSSR count). The largest absolute Gasteiger partial charge is 0.493 e. The zero-order valence-electron chi connectivity index (χ0n) is 10.4. The van der Waals surface area contributed by atoms with Crippen molar-refractivity contribution in [2.75, 3.05) is 20.7 Å². The molecule has 0 aliphatic carbocycles. The monoisotopic (exact) mass is 221 g/mol. The summed E-state index contributed by atoms with van der Waals surface area (Å²) in [6.45, 7) is 4.90. The number of carbonyl (C=O) groups excluding carboxylic acids is 1. The molecule has 1 aromatic rings. The number of ether oxygens (including phenoxy) is 1. The van der Waals surface area contributed by atoms with Crippen LogP contribution >= 0.6 is 0 Å². The van der Waals surface area contributed by atoms with E-state index in [1.54, 1.807) is 31.1 Å². The van der Waals surface area contributed by atoms with Gasteiger partial charge in [-0.05, 0) is 30.2 Å². The highest BCUT2D eigenvalue weighted by atomic mass is 16.5. The van der Waals surface area contributed by atoms with Gasteiger partial charge in [0.1, 0.15) is 5.75 Å². The van der Waals surface area contributed by atoms with E-state index in [4.69, 9.17) is 4.74 Å². The van der Waals surface area contributed by atoms with Crippen molar-refractivity contribution in [3.8, 4) is 5.75 Å². The summed E-state index contributed by atoms with van der Waals surface area (Å²) in [5.41, 5.74) is 0.682. The van der Waals surface area contributed by atoms with Crippen LogP contribution in [0.3, 0.4) is 0 Å².